The van der Waals surface area contributed by atoms with Gasteiger partial charge in [0.1, 0.15) is 6.61 Å². The van der Waals surface area contributed by atoms with Crippen molar-refractivity contribution in [1.82, 2.24) is 0 Å². The second-order valence-electron chi connectivity index (χ2n) is 18.8. The van der Waals surface area contributed by atoms with Gasteiger partial charge in [-0.15, -0.1) is 0 Å². The predicted octanol–water partition coefficient (Wildman–Crippen LogP) is 20.1. The molecule has 0 aliphatic carbocycles. The average Bonchev–Trinajstić information content (AvgIpc) is 3.36. The molecule has 0 saturated heterocycles. The Morgan fingerprint density at radius 2 is 0.643 bits per heavy atom. The first kappa shape index (κ1) is 66.3. The van der Waals surface area contributed by atoms with Gasteiger partial charge in [-0.1, -0.05) is 232 Å². The van der Waals surface area contributed by atoms with E-state index >= 15 is 0 Å². The molecule has 5 heteroatoms. The smallest absolute Gasteiger partial charge is 0.306 e. The Morgan fingerprint density at radius 3 is 1.04 bits per heavy atom. The van der Waals surface area contributed by atoms with Crippen LogP contribution >= 0.6 is 0 Å². The second kappa shape index (κ2) is 59.6. The molecule has 0 bridgehead atoms. The van der Waals surface area contributed by atoms with E-state index in [4.69, 9.17) is 14.2 Å². The number of hydrogen-bond donors (Lipinski definition) is 0. The molecule has 1 unspecified atom stereocenters. The summed E-state index contributed by atoms with van der Waals surface area (Å²) in [5.74, 6) is -0.445. The molecule has 70 heavy (non-hydrogen) atoms. The van der Waals surface area contributed by atoms with Gasteiger partial charge in [0.15, 0.2) is 6.10 Å². The van der Waals surface area contributed by atoms with Crippen molar-refractivity contribution in [2.75, 3.05) is 19.8 Å². The maximum Gasteiger partial charge on any atom is 0.306 e. The molecule has 5 nitrogen and oxygen atoms in total. The molecule has 0 rings (SSSR count). The SMILES string of the molecule is CC/C=C\C/C=C\C/C=C\C/C=C\C/C=C\CCCCOCC(COC(=O)CCCCCCCC/C=C\C/C=C\C/C=C\C/C=C\CC)OC(=O)CCCCCCCCC/C=C\CCCCCCCC. The number of esters is 2. The molecule has 0 heterocycles. The van der Waals surface area contributed by atoms with Gasteiger partial charge in [0.05, 0.1) is 6.61 Å². The summed E-state index contributed by atoms with van der Waals surface area (Å²) < 4.78 is 17.4. The summed E-state index contributed by atoms with van der Waals surface area (Å²) in [5, 5.41) is 0. The van der Waals surface area contributed by atoms with E-state index in [-0.39, 0.29) is 25.2 Å². The number of rotatable bonds is 52. The first-order chi connectivity index (χ1) is 34.6. The largest absolute Gasteiger partial charge is 0.462 e. The molecule has 1 atom stereocenters. The zero-order chi connectivity index (χ0) is 50.6. The van der Waals surface area contributed by atoms with Gasteiger partial charge in [-0.05, 0) is 128 Å². The number of unbranched alkanes of at least 4 members (excludes halogenated alkanes) is 21. The first-order valence-electron chi connectivity index (χ1n) is 29.1. The van der Waals surface area contributed by atoms with Crippen LogP contribution in [0.2, 0.25) is 0 Å². The minimum Gasteiger partial charge on any atom is -0.462 e. The van der Waals surface area contributed by atoms with Gasteiger partial charge in [-0.2, -0.15) is 0 Å². The van der Waals surface area contributed by atoms with Crippen LogP contribution in [0, 0.1) is 0 Å². The number of carbonyl (C=O) groups is 2. The maximum atomic E-state index is 12.9. The fourth-order valence-electron chi connectivity index (χ4n) is 7.70. The minimum atomic E-state index is -0.576. The van der Waals surface area contributed by atoms with Gasteiger partial charge < -0.3 is 14.2 Å². The standard InChI is InChI=1S/C65H108O5/c1-4-7-10-13-16-19-22-25-28-31-33-35-37-40-43-46-49-52-55-58-64(66)69-62-63(61-68-60-57-54-51-48-45-42-39-36-32-29-26-23-20-17-14-11-8-5-2)70-65(67)59-56-53-50-47-44-41-38-34-30-27-24-21-18-15-12-9-6-3/h7-8,10-11,16-17,19-20,25-30,33,35-36,39,45,48,63H,4-6,9,12-15,18,21-24,31-32,34,37-38,40-44,46-47,49-62H2,1-3H3/b10-7-,11-8-,19-16-,20-17-,28-25-,29-26-,30-27-,35-33-,39-36-,48-45-. The molecular formula is C65H108O5. The van der Waals surface area contributed by atoms with E-state index < -0.39 is 6.10 Å². The van der Waals surface area contributed by atoms with E-state index in [0.29, 0.717) is 19.4 Å². The molecule has 0 saturated carbocycles. The Labute approximate surface area is 433 Å². The van der Waals surface area contributed by atoms with Crippen molar-refractivity contribution in [1.29, 1.82) is 0 Å². The third-order valence-corrected chi connectivity index (χ3v) is 12.0. The first-order valence-corrected chi connectivity index (χ1v) is 29.1. The topological polar surface area (TPSA) is 61.8 Å². The minimum absolute atomic E-state index is 0.0517. The Kier molecular flexibility index (Phi) is 56.5. The summed E-state index contributed by atoms with van der Waals surface area (Å²) in [6, 6.07) is 0. The molecule has 398 valence electrons. The number of allylic oxidation sites excluding steroid dienone is 20. The molecule has 0 spiro atoms. The van der Waals surface area contributed by atoms with Crippen molar-refractivity contribution < 1.29 is 23.8 Å². The normalized spacial score (nSPS) is 13.1. The lowest BCUT2D eigenvalue weighted by molar-refractivity contribution is -0.163. The highest BCUT2D eigenvalue weighted by Crippen LogP contribution is 2.14. The van der Waals surface area contributed by atoms with Crippen LogP contribution in [0.15, 0.2) is 122 Å². The Hall–Kier alpha value is -3.70. The van der Waals surface area contributed by atoms with Crippen molar-refractivity contribution in [2.24, 2.45) is 0 Å². The van der Waals surface area contributed by atoms with Crippen LogP contribution in [0.3, 0.4) is 0 Å². The molecule has 0 aromatic rings. The van der Waals surface area contributed by atoms with Crippen molar-refractivity contribution in [2.45, 2.75) is 258 Å². The van der Waals surface area contributed by atoms with E-state index in [1.165, 1.54) is 96.3 Å². The van der Waals surface area contributed by atoms with Crippen LogP contribution < -0.4 is 0 Å². The lowest BCUT2D eigenvalue weighted by Gasteiger charge is -2.18. The zero-order valence-electron chi connectivity index (χ0n) is 45.7. The summed E-state index contributed by atoms with van der Waals surface area (Å²) in [6.45, 7) is 7.48. The third kappa shape index (κ3) is 56.9. The number of ether oxygens (including phenoxy) is 3. The van der Waals surface area contributed by atoms with Crippen LogP contribution in [0.25, 0.3) is 0 Å². The van der Waals surface area contributed by atoms with E-state index in [2.05, 4.69) is 142 Å². The molecule has 0 aromatic heterocycles. The summed E-state index contributed by atoms with van der Waals surface area (Å²) in [7, 11) is 0. The van der Waals surface area contributed by atoms with Gasteiger partial charge >= 0.3 is 11.9 Å². The van der Waals surface area contributed by atoms with Crippen molar-refractivity contribution in [3.63, 3.8) is 0 Å². The lowest BCUT2D eigenvalue weighted by atomic mass is 10.1. The van der Waals surface area contributed by atoms with Crippen LogP contribution in [0.4, 0.5) is 0 Å². The highest BCUT2D eigenvalue weighted by molar-refractivity contribution is 5.70. The molecule has 0 aliphatic rings. The van der Waals surface area contributed by atoms with Crippen molar-refractivity contribution in [3.05, 3.63) is 122 Å². The molecule has 0 N–H and O–H groups in total. The molecule has 0 fully saturated rings. The summed E-state index contributed by atoms with van der Waals surface area (Å²) >= 11 is 0. The summed E-state index contributed by atoms with van der Waals surface area (Å²) in [5.41, 5.74) is 0. The van der Waals surface area contributed by atoms with Crippen LogP contribution in [0.1, 0.15) is 252 Å². The molecule has 0 aromatic carbocycles. The van der Waals surface area contributed by atoms with E-state index in [1.807, 2.05) is 0 Å². The fraction of sp³-hybridized carbons (Fsp3) is 0.662. The van der Waals surface area contributed by atoms with Crippen molar-refractivity contribution >= 4 is 11.9 Å². The molecular weight excluding hydrogens is 861 g/mol. The van der Waals surface area contributed by atoms with Crippen LogP contribution in [-0.4, -0.2) is 37.9 Å². The lowest BCUT2D eigenvalue weighted by Crippen LogP contribution is -2.30. The van der Waals surface area contributed by atoms with Gasteiger partial charge in [0.2, 0.25) is 0 Å². The van der Waals surface area contributed by atoms with E-state index in [9.17, 15) is 9.59 Å². The highest BCUT2D eigenvalue weighted by Gasteiger charge is 2.17. The molecule has 0 radical (unpaired) electrons. The summed E-state index contributed by atoms with van der Waals surface area (Å²) in [6.07, 6.45) is 83.6. The average molecular weight is 970 g/mol. The monoisotopic (exact) mass is 969 g/mol. The Balaban J connectivity index is 4.41. The zero-order valence-corrected chi connectivity index (χ0v) is 45.7. The Bertz CT molecular complexity index is 1420. The van der Waals surface area contributed by atoms with Crippen LogP contribution in [-0.2, 0) is 23.8 Å². The number of hydrogen-bond acceptors (Lipinski definition) is 5. The van der Waals surface area contributed by atoms with Crippen LogP contribution in [0.5, 0.6) is 0 Å². The highest BCUT2D eigenvalue weighted by atomic mass is 16.6. The third-order valence-electron chi connectivity index (χ3n) is 12.0. The quantitative estimate of drug-likeness (QED) is 0.0345. The van der Waals surface area contributed by atoms with Gasteiger partial charge in [-0.3, -0.25) is 9.59 Å². The maximum absolute atomic E-state index is 12.9. The molecule has 0 aliphatic heterocycles. The second-order valence-corrected chi connectivity index (χ2v) is 18.8. The van der Waals surface area contributed by atoms with E-state index in [0.717, 1.165) is 122 Å². The van der Waals surface area contributed by atoms with Crippen molar-refractivity contribution in [3.8, 4) is 0 Å². The number of carbonyl (C=O) groups excluding carboxylic acids is 2. The van der Waals surface area contributed by atoms with E-state index in [1.54, 1.807) is 0 Å². The molecule has 0 amide bonds. The predicted molar refractivity (Wildman–Crippen MR) is 306 cm³/mol. The van der Waals surface area contributed by atoms with Gasteiger partial charge in [-0.25, -0.2) is 0 Å². The fourth-order valence-corrected chi connectivity index (χ4v) is 7.70. The Morgan fingerprint density at radius 1 is 0.329 bits per heavy atom. The summed E-state index contributed by atoms with van der Waals surface area (Å²) in [4.78, 5) is 25.6. The van der Waals surface area contributed by atoms with Gasteiger partial charge in [0, 0.05) is 19.4 Å². The van der Waals surface area contributed by atoms with Gasteiger partial charge in [0.25, 0.3) is 0 Å².